The Morgan fingerprint density at radius 2 is 2.41 bits per heavy atom. The SMILES string of the molecule is CC(=O)CC1CC(c2ccc(O)c(F)c2)=NO1. The first-order valence-electron chi connectivity index (χ1n) is 5.27. The summed E-state index contributed by atoms with van der Waals surface area (Å²) in [5.74, 6) is -1.06. The zero-order chi connectivity index (χ0) is 12.4. The largest absolute Gasteiger partial charge is 0.505 e. The van der Waals surface area contributed by atoms with Gasteiger partial charge in [0.25, 0.3) is 0 Å². The molecular formula is C12H12FNO3. The summed E-state index contributed by atoms with van der Waals surface area (Å²) in [7, 11) is 0. The number of rotatable bonds is 3. The predicted molar refractivity (Wildman–Crippen MR) is 59.4 cm³/mol. The normalized spacial score (nSPS) is 18.7. The van der Waals surface area contributed by atoms with Crippen molar-refractivity contribution in [3.8, 4) is 5.75 Å². The third kappa shape index (κ3) is 2.61. The van der Waals surface area contributed by atoms with Gasteiger partial charge in [0.05, 0.1) is 5.71 Å². The molecule has 17 heavy (non-hydrogen) atoms. The van der Waals surface area contributed by atoms with Crippen LogP contribution in [0.5, 0.6) is 5.75 Å². The highest BCUT2D eigenvalue weighted by Crippen LogP contribution is 2.22. The summed E-state index contributed by atoms with van der Waals surface area (Å²) < 4.78 is 13.1. The molecule has 0 aromatic heterocycles. The van der Waals surface area contributed by atoms with Crippen molar-refractivity contribution in [1.82, 2.24) is 0 Å². The predicted octanol–water partition coefficient (Wildman–Crippen LogP) is 2.00. The van der Waals surface area contributed by atoms with E-state index in [1.165, 1.54) is 19.1 Å². The molecule has 0 amide bonds. The number of hydrogen-bond acceptors (Lipinski definition) is 4. The monoisotopic (exact) mass is 237 g/mol. The molecule has 0 saturated carbocycles. The molecule has 0 spiro atoms. The van der Waals surface area contributed by atoms with Crippen LogP contribution in [0.3, 0.4) is 0 Å². The van der Waals surface area contributed by atoms with E-state index in [9.17, 15) is 9.18 Å². The van der Waals surface area contributed by atoms with E-state index >= 15 is 0 Å². The molecule has 1 unspecified atom stereocenters. The average molecular weight is 237 g/mol. The fraction of sp³-hybridized carbons (Fsp3) is 0.333. The lowest BCUT2D eigenvalue weighted by Gasteiger charge is -2.04. The van der Waals surface area contributed by atoms with Crippen LogP contribution in [0.4, 0.5) is 4.39 Å². The lowest BCUT2D eigenvalue weighted by Crippen LogP contribution is -2.12. The molecule has 90 valence electrons. The zero-order valence-electron chi connectivity index (χ0n) is 9.31. The number of carbonyl (C=O) groups excluding carboxylic acids is 1. The van der Waals surface area contributed by atoms with Crippen molar-refractivity contribution in [3.05, 3.63) is 29.6 Å². The Kier molecular flexibility index (Phi) is 3.08. The molecule has 1 N–H and O–H groups in total. The first kappa shape index (κ1) is 11.6. The van der Waals surface area contributed by atoms with Gasteiger partial charge in [-0.3, -0.25) is 4.79 Å². The minimum absolute atomic E-state index is 0.0309. The van der Waals surface area contributed by atoms with Gasteiger partial charge in [0.15, 0.2) is 11.6 Å². The Balaban J connectivity index is 2.09. The van der Waals surface area contributed by atoms with Crippen LogP contribution in [0.2, 0.25) is 0 Å². The van der Waals surface area contributed by atoms with E-state index in [1.807, 2.05) is 0 Å². The minimum Gasteiger partial charge on any atom is -0.505 e. The summed E-state index contributed by atoms with van der Waals surface area (Å²) in [4.78, 5) is 16.0. The molecule has 1 atom stereocenters. The van der Waals surface area contributed by atoms with Crippen LogP contribution in [0.25, 0.3) is 0 Å². The van der Waals surface area contributed by atoms with Crippen molar-refractivity contribution in [2.75, 3.05) is 0 Å². The van der Waals surface area contributed by atoms with Crippen molar-refractivity contribution in [1.29, 1.82) is 0 Å². The van der Waals surface area contributed by atoms with E-state index in [-0.39, 0.29) is 11.9 Å². The molecule has 0 aliphatic carbocycles. The number of aromatic hydroxyl groups is 1. The molecule has 1 aromatic carbocycles. The molecule has 1 heterocycles. The van der Waals surface area contributed by atoms with Crippen LogP contribution >= 0.6 is 0 Å². The number of Topliss-reactive ketones (excluding diaryl/α,β-unsaturated/α-hetero) is 1. The average Bonchev–Trinajstić information content (AvgIpc) is 2.69. The number of halogens is 1. The van der Waals surface area contributed by atoms with Gasteiger partial charge in [0, 0.05) is 18.4 Å². The fourth-order valence-corrected chi connectivity index (χ4v) is 1.72. The van der Waals surface area contributed by atoms with E-state index in [0.717, 1.165) is 0 Å². The Bertz CT molecular complexity index is 485. The molecule has 1 aromatic rings. The quantitative estimate of drug-likeness (QED) is 0.874. The van der Waals surface area contributed by atoms with Gasteiger partial charge in [-0.05, 0) is 25.1 Å². The van der Waals surface area contributed by atoms with E-state index in [4.69, 9.17) is 9.94 Å². The zero-order valence-corrected chi connectivity index (χ0v) is 9.31. The maximum Gasteiger partial charge on any atom is 0.165 e. The van der Waals surface area contributed by atoms with E-state index in [2.05, 4.69) is 5.16 Å². The molecule has 0 saturated heterocycles. The number of hydrogen-bond donors (Lipinski definition) is 1. The van der Waals surface area contributed by atoms with Gasteiger partial charge < -0.3 is 9.94 Å². The Hall–Kier alpha value is -1.91. The van der Waals surface area contributed by atoms with Crippen LogP contribution in [-0.4, -0.2) is 22.7 Å². The van der Waals surface area contributed by atoms with Crippen LogP contribution in [0, 0.1) is 5.82 Å². The van der Waals surface area contributed by atoms with Gasteiger partial charge >= 0.3 is 0 Å². The second-order valence-electron chi connectivity index (χ2n) is 4.04. The van der Waals surface area contributed by atoms with Gasteiger partial charge in [-0.2, -0.15) is 0 Å². The molecule has 2 rings (SSSR count). The van der Waals surface area contributed by atoms with Crippen molar-refractivity contribution < 1.29 is 19.1 Å². The number of benzene rings is 1. The maximum absolute atomic E-state index is 13.1. The number of phenols is 1. The number of carbonyl (C=O) groups is 1. The number of oxime groups is 1. The maximum atomic E-state index is 13.1. The van der Waals surface area contributed by atoms with Crippen LogP contribution in [0.1, 0.15) is 25.3 Å². The highest BCUT2D eigenvalue weighted by atomic mass is 19.1. The third-order valence-corrected chi connectivity index (χ3v) is 2.53. The lowest BCUT2D eigenvalue weighted by atomic mass is 10.0. The summed E-state index contributed by atoms with van der Waals surface area (Å²) in [6, 6.07) is 4.04. The Labute approximate surface area is 97.7 Å². The van der Waals surface area contributed by atoms with Crippen molar-refractivity contribution >= 4 is 11.5 Å². The second kappa shape index (κ2) is 4.53. The molecular weight excluding hydrogens is 225 g/mol. The van der Waals surface area contributed by atoms with Crippen molar-refractivity contribution in [2.24, 2.45) is 5.16 Å². The summed E-state index contributed by atoms with van der Waals surface area (Å²) in [5, 5.41) is 12.9. The second-order valence-corrected chi connectivity index (χ2v) is 4.04. The molecule has 1 aliphatic rings. The van der Waals surface area contributed by atoms with Crippen LogP contribution in [0.15, 0.2) is 23.4 Å². The number of ketones is 1. The molecule has 4 nitrogen and oxygen atoms in total. The summed E-state index contributed by atoms with van der Waals surface area (Å²) in [6.07, 6.45) is 0.511. The van der Waals surface area contributed by atoms with Gasteiger partial charge in [-0.15, -0.1) is 0 Å². The van der Waals surface area contributed by atoms with E-state index in [0.29, 0.717) is 24.1 Å². The number of phenolic OH excluding ortho intramolecular Hbond substituents is 1. The minimum atomic E-state index is -0.694. The number of nitrogens with zero attached hydrogens (tertiary/aromatic N) is 1. The molecule has 1 aliphatic heterocycles. The fourth-order valence-electron chi connectivity index (χ4n) is 1.72. The van der Waals surface area contributed by atoms with Crippen LogP contribution < -0.4 is 0 Å². The van der Waals surface area contributed by atoms with E-state index in [1.54, 1.807) is 6.07 Å². The molecule has 0 radical (unpaired) electrons. The Morgan fingerprint density at radius 3 is 3.06 bits per heavy atom. The summed E-state index contributed by atoms with van der Waals surface area (Å²) in [5.41, 5.74) is 1.15. The van der Waals surface area contributed by atoms with Crippen molar-refractivity contribution in [2.45, 2.75) is 25.9 Å². The standard InChI is InChI=1S/C12H12FNO3/c1-7(15)4-9-6-11(14-17-9)8-2-3-12(16)10(13)5-8/h2-3,5,9,16H,4,6H2,1H3. The smallest absolute Gasteiger partial charge is 0.165 e. The molecule has 0 fully saturated rings. The van der Waals surface area contributed by atoms with E-state index < -0.39 is 11.6 Å². The van der Waals surface area contributed by atoms with Gasteiger partial charge in [-0.25, -0.2) is 4.39 Å². The van der Waals surface area contributed by atoms with Gasteiger partial charge in [0.2, 0.25) is 0 Å². The topological polar surface area (TPSA) is 58.9 Å². The summed E-state index contributed by atoms with van der Waals surface area (Å²) >= 11 is 0. The Morgan fingerprint density at radius 1 is 1.65 bits per heavy atom. The first-order chi connectivity index (χ1) is 8.06. The van der Waals surface area contributed by atoms with Gasteiger partial charge in [-0.1, -0.05) is 5.16 Å². The van der Waals surface area contributed by atoms with Gasteiger partial charge in [0.1, 0.15) is 11.9 Å². The first-order valence-corrected chi connectivity index (χ1v) is 5.27. The molecule has 5 heteroatoms. The third-order valence-electron chi connectivity index (χ3n) is 2.53. The highest BCUT2D eigenvalue weighted by Gasteiger charge is 2.23. The molecule has 0 bridgehead atoms. The van der Waals surface area contributed by atoms with Crippen LogP contribution in [-0.2, 0) is 9.63 Å². The van der Waals surface area contributed by atoms with Crippen molar-refractivity contribution in [3.63, 3.8) is 0 Å². The highest BCUT2D eigenvalue weighted by molar-refractivity contribution is 6.01. The summed E-state index contributed by atoms with van der Waals surface area (Å²) in [6.45, 7) is 1.49. The lowest BCUT2D eigenvalue weighted by molar-refractivity contribution is -0.119.